The monoisotopic (exact) mass is 299 g/mol. The molecule has 0 radical (unpaired) electrons. The van der Waals surface area contributed by atoms with E-state index in [9.17, 15) is 13.2 Å². The minimum Gasteiger partial charge on any atom is -0.330 e. The highest BCUT2D eigenvalue weighted by atomic mass is 32.2. The second kappa shape index (κ2) is 6.34. The Balaban J connectivity index is 2.80. The standard InChI is InChI=1S/C13H21N3O3S/c1-10(17)16-11-4-6-12(7-5-11)20(18,19)15-9-13(2,3)8-14/h4-7,15H,8-9,14H2,1-3H3,(H,16,17). The highest BCUT2D eigenvalue weighted by Crippen LogP contribution is 2.16. The van der Waals surface area contributed by atoms with Crippen molar-refractivity contribution in [1.82, 2.24) is 4.72 Å². The fraction of sp³-hybridized carbons (Fsp3) is 0.462. The molecule has 0 fully saturated rings. The van der Waals surface area contributed by atoms with E-state index in [2.05, 4.69) is 10.0 Å². The molecule has 0 saturated carbocycles. The molecule has 0 unspecified atom stereocenters. The van der Waals surface area contributed by atoms with Gasteiger partial charge in [-0.25, -0.2) is 13.1 Å². The molecule has 1 rings (SSSR count). The summed E-state index contributed by atoms with van der Waals surface area (Å²) in [6, 6.07) is 5.99. The summed E-state index contributed by atoms with van der Waals surface area (Å²) >= 11 is 0. The molecule has 1 amide bonds. The van der Waals surface area contributed by atoms with Crippen LogP contribution in [0.15, 0.2) is 29.2 Å². The van der Waals surface area contributed by atoms with E-state index in [1.807, 2.05) is 13.8 Å². The zero-order chi connectivity index (χ0) is 15.4. The smallest absolute Gasteiger partial charge is 0.240 e. The molecular formula is C13H21N3O3S. The fourth-order valence-electron chi connectivity index (χ4n) is 1.37. The molecule has 0 atom stereocenters. The van der Waals surface area contributed by atoms with Crippen LogP contribution in [0.1, 0.15) is 20.8 Å². The summed E-state index contributed by atoms with van der Waals surface area (Å²) in [5.41, 5.74) is 5.82. The molecule has 1 aromatic rings. The summed E-state index contributed by atoms with van der Waals surface area (Å²) in [6.07, 6.45) is 0. The van der Waals surface area contributed by atoms with E-state index in [1.54, 1.807) is 12.1 Å². The van der Waals surface area contributed by atoms with Crippen LogP contribution in [0.3, 0.4) is 0 Å². The summed E-state index contributed by atoms with van der Waals surface area (Å²) in [5, 5.41) is 2.58. The van der Waals surface area contributed by atoms with Crippen molar-refractivity contribution in [3.05, 3.63) is 24.3 Å². The topological polar surface area (TPSA) is 101 Å². The van der Waals surface area contributed by atoms with Gasteiger partial charge in [-0.15, -0.1) is 0 Å². The average molecular weight is 299 g/mol. The van der Waals surface area contributed by atoms with E-state index in [-0.39, 0.29) is 22.8 Å². The first kappa shape index (κ1) is 16.6. The van der Waals surface area contributed by atoms with Crippen molar-refractivity contribution in [2.24, 2.45) is 11.1 Å². The number of rotatable bonds is 6. The number of hydrogen-bond donors (Lipinski definition) is 3. The summed E-state index contributed by atoms with van der Waals surface area (Å²) in [5.74, 6) is -0.205. The van der Waals surface area contributed by atoms with Crippen LogP contribution in [0, 0.1) is 5.41 Å². The number of sulfonamides is 1. The first-order valence-corrected chi connectivity index (χ1v) is 7.72. The highest BCUT2D eigenvalue weighted by Gasteiger charge is 2.20. The van der Waals surface area contributed by atoms with E-state index in [0.29, 0.717) is 12.2 Å². The molecule has 0 aliphatic rings. The van der Waals surface area contributed by atoms with Crippen molar-refractivity contribution in [1.29, 1.82) is 0 Å². The Morgan fingerprint density at radius 3 is 2.25 bits per heavy atom. The predicted octanol–water partition coefficient (Wildman–Crippen LogP) is 0.908. The van der Waals surface area contributed by atoms with Gasteiger partial charge in [-0.1, -0.05) is 13.8 Å². The van der Waals surface area contributed by atoms with Gasteiger partial charge in [0.2, 0.25) is 15.9 Å². The van der Waals surface area contributed by atoms with E-state index < -0.39 is 10.0 Å². The van der Waals surface area contributed by atoms with Crippen LogP contribution in [-0.4, -0.2) is 27.4 Å². The van der Waals surface area contributed by atoms with Gasteiger partial charge < -0.3 is 11.1 Å². The van der Waals surface area contributed by atoms with E-state index in [1.165, 1.54) is 19.1 Å². The molecule has 20 heavy (non-hydrogen) atoms. The van der Waals surface area contributed by atoms with Crippen molar-refractivity contribution in [3.63, 3.8) is 0 Å². The van der Waals surface area contributed by atoms with Crippen LogP contribution in [0.4, 0.5) is 5.69 Å². The Morgan fingerprint density at radius 1 is 1.25 bits per heavy atom. The van der Waals surface area contributed by atoms with E-state index >= 15 is 0 Å². The highest BCUT2D eigenvalue weighted by molar-refractivity contribution is 7.89. The number of nitrogens with two attached hydrogens (primary N) is 1. The van der Waals surface area contributed by atoms with Gasteiger partial charge in [0.05, 0.1) is 4.90 Å². The van der Waals surface area contributed by atoms with E-state index in [4.69, 9.17) is 5.73 Å². The van der Waals surface area contributed by atoms with Gasteiger partial charge in [-0.05, 0) is 36.2 Å². The number of carbonyl (C=O) groups is 1. The molecule has 0 spiro atoms. The third-order valence-electron chi connectivity index (χ3n) is 2.78. The zero-order valence-electron chi connectivity index (χ0n) is 11.9. The summed E-state index contributed by atoms with van der Waals surface area (Å²) < 4.78 is 26.7. The van der Waals surface area contributed by atoms with Crippen molar-refractivity contribution < 1.29 is 13.2 Å². The van der Waals surface area contributed by atoms with E-state index in [0.717, 1.165) is 0 Å². The molecule has 0 heterocycles. The first-order chi connectivity index (χ1) is 9.16. The van der Waals surface area contributed by atoms with Crippen LogP contribution in [0.25, 0.3) is 0 Å². The molecule has 112 valence electrons. The van der Waals surface area contributed by atoms with Crippen LogP contribution in [0.2, 0.25) is 0 Å². The predicted molar refractivity (Wildman–Crippen MR) is 78.8 cm³/mol. The van der Waals surface area contributed by atoms with Crippen LogP contribution in [0.5, 0.6) is 0 Å². The van der Waals surface area contributed by atoms with Gasteiger partial charge in [-0.2, -0.15) is 0 Å². The van der Waals surface area contributed by atoms with Gasteiger partial charge in [0.1, 0.15) is 0 Å². The number of anilines is 1. The first-order valence-electron chi connectivity index (χ1n) is 6.24. The number of benzene rings is 1. The average Bonchev–Trinajstić information content (AvgIpc) is 2.37. The number of nitrogens with one attached hydrogen (secondary N) is 2. The minimum absolute atomic E-state index is 0.152. The largest absolute Gasteiger partial charge is 0.330 e. The summed E-state index contributed by atoms with van der Waals surface area (Å²) in [6.45, 7) is 5.81. The number of hydrogen-bond acceptors (Lipinski definition) is 4. The number of amides is 1. The molecule has 6 nitrogen and oxygen atoms in total. The zero-order valence-corrected chi connectivity index (χ0v) is 12.8. The van der Waals surface area contributed by atoms with Gasteiger partial charge >= 0.3 is 0 Å². The lowest BCUT2D eigenvalue weighted by Crippen LogP contribution is -2.38. The minimum atomic E-state index is -3.57. The second-order valence-electron chi connectivity index (χ2n) is 5.40. The van der Waals surface area contributed by atoms with Crippen LogP contribution < -0.4 is 15.8 Å². The molecular weight excluding hydrogens is 278 g/mol. The molecule has 0 bridgehead atoms. The molecule has 0 saturated heterocycles. The van der Waals surface area contributed by atoms with Gasteiger partial charge in [0.15, 0.2) is 0 Å². The Bertz CT molecular complexity index is 565. The van der Waals surface area contributed by atoms with Gasteiger partial charge in [0, 0.05) is 19.2 Å². The molecule has 0 aliphatic carbocycles. The summed E-state index contributed by atoms with van der Waals surface area (Å²) in [4.78, 5) is 11.0. The maximum atomic E-state index is 12.1. The second-order valence-corrected chi connectivity index (χ2v) is 7.17. The third-order valence-corrected chi connectivity index (χ3v) is 4.20. The Labute approximate surface area is 119 Å². The molecule has 7 heteroatoms. The lowest BCUT2D eigenvalue weighted by Gasteiger charge is -2.22. The maximum absolute atomic E-state index is 12.1. The van der Waals surface area contributed by atoms with Gasteiger partial charge in [0.25, 0.3) is 0 Å². The van der Waals surface area contributed by atoms with Crippen LogP contribution in [-0.2, 0) is 14.8 Å². The molecule has 4 N–H and O–H groups in total. The van der Waals surface area contributed by atoms with Crippen molar-refractivity contribution in [2.75, 3.05) is 18.4 Å². The quantitative estimate of drug-likeness (QED) is 0.726. The van der Waals surface area contributed by atoms with Crippen molar-refractivity contribution >= 4 is 21.6 Å². The molecule has 0 aliphatic heterocycles. The van der Waals surface area contributed by atoms with Gasteiger partial charge in [-0.3, -0.25) is 4.79 Å². The van der Waals surface area contributed by atoms with Crippen LogP contribution >= 0.6 is 0 Å². The SMILES string of the molecule is CC(=O)Nc1ccc(S(=O)(=O)NCC(C)(C)CN)cc1. The Kier molecular flexibility index (Phi) is 5.27. The Hall–Kier alpha value is -1.44. The number of carbonyl (C=O) groups excluding carboxylic acids is 1. The molecule has 1 aromatic carbocycles. The fourth-order valence-corrected chi connectivity index (χ4v) is 2.61. The molecule has 0 aromatic heterocycles. The normalized spacial score (nSPS) is 12.2. The lowest BCUT2D eigenvalue weighted by molar-refractivity contribution is -0.114. The maximum Gasteiger partial charge on any atom is 0.240 e. The lowest BCUT2D eigenvalue weighted by atomic mass is 9.95. The third kappa shape index (κ3) is 4.92. The van der Waals surface area contributed by atoms with Crippen molar-refractivity contribution in [2.45, 2.75) is 25.7 Å². The summed E-state index contributed by atoms with van der Waals surface area (Å²) in [7, 11) is -3.57. The van der Waals surface area contributed by atoms with Crippen molar-refractivity contribution in [3.8, 4) is 0 Å². The Morgan fingerprint density at radius 2 is 1.80 bits per heavy atom.